The van der Waals surface area contributed by atoms with Crippen LogP contribution in [0, 0.1) is 0 Å². The van der Waals surface area contributed by atoms with Crippen LogP contribution in [0.1, 0.15) is 0 Å². The molecule has 0 radical (unpaired) electrons. The van der Waals surface area contributed by atoms with Crippen LogP contribution in [-0.2, 0) is 0 Å². The summed E-state index contributed by atoms with van der Waals surface area (Å²) in [5.74, 6) is 0. The molecule has 5 heteroatoms. The molecule has 1 N–H and O–H groups in total. The molecule has 0 saturated heterocycles. The van der Waals surface area contributed by atoms with Crippen LogP contribution in [-0.4, -0.2) is 50.4 Å². The van der Waals surface area contributed by atoms with Gasteiger partial charge in [-0.2, -0.15) is 0 Å². The van der Waals surface area contributed by atoms with Crippen LogP contribution >= 0.6 is 0 Å². The maximum absolute atomic E-state index is 4.13. The second-order valence-corrected chi connectivity index (χ2v) is 4.31. The Morgan fingerprint density at radius 2 is 2.33 bits per heavy atom. The fraction of sp³-hybridized carbons (Fsp3) is 0.250. The molecule has 0 aromatic carbocycles. The number of hydrazone groups is 1. The summed E-state index contributed by atoms with van der Waals surface area (Å²) in [4.78, 5) is 0. The van der Waals surface area contributed by atoms with Gasteiger partial charge in [0.1, 0.15) is 0 Å². The van der Waals surface area contributed by atoms with Gasteiger partial charge in [0.2, 0.25) is 0 Å². The minimum atomic E-state index is 1.11. The van der Waals surface area contributed by atoms with Gasteiger partial charge in [0.05, 0.1) is 0 Å². The fourth-order valence-electron chi connectivity index (χ4n) is 0.606. The van der Waals surface area contributed by atoms with Crippen LogP contribution in [0.3, 0.4) is 0 Å². The zero-order valence-corrected chi connectivity index (χ0v) is 9.97. The van der Waals surface area contributed by atoms with E-state index in [9.17, 15) is 0 Å². The second-order valence-electron chi connectivity index (χ2n) is 1.76. The molecule has 2 atom stereocenters. The van der Waals surface area contributed by atoms with Gasteiger partial charge in [-0.05, 0) is 0 Å². The predicted octanol–water partition coefficient (Wildman–Crippen LogP) is -2.14. The molecule has 1 rings (SSSR count). The Labute approximate surface area is 71.5 Å². The molecule has 0 saturated carbocycles. The van der Waals surface area contributed by atoms with Crippen LogP contribution in [0.5, 0.6) is 0 Å². The van der Waals surface area contributed by atoms with Gasteiger partial charge < -0.3 is 0 Å². The number of hydrazine groups is 1. The molecule has 50 valence electrons. The average Bonchev–Trinajstić information content (AvgIpc) is 1.59. The summed E-state index contributed by atoms with van der Waals surface area (Å²) >= 11 is 3.14. The molecule has 0 fully saturated rings. The molecule has 2 unspecified atom stereocenters. The van der Waals surface area contributed by atoms with Crippen molar-refractivity contribution in [1.29, 1.82) is 0 Å². The van der Waals surface area contributed by atoms with Crippen molar-refractivity contribution in [2.75, 3.05) is 7.05 Å². The predicted molar refractivity (Wildman–Crippen MR) is 43.5 cm³/mol. The van der Waals surface area contributed by atoms with Gasteiger partial charge in [-0.25, -0.2) is 0 Å². The van der Waals surface area contributed by atoms with Crippen LogP contribution in [0.25, 0.3) is 0 Å². The fourth-order valence-corrected chi connectivity index (χ4v) is 2.94. The third-order valence-electron chi connectivity index (χ3n) is 0.860. The minimum absolute atomic E-state index is 1.11. The van der Waals surface area contributed by atoms with Gasteiger partial charge in [-0.15, -0.1) is 0 Å². The van der Waals surface area contributed by atoms with E-state index < -0.39 is 0 Å². The van der Waals surface area contributed by atoms with Gasteiger partial charge in [0, 0.05) is 0 Å². The molecular formula is C4H9As2N3. The summed E-state index contributed by atoms with van der Waals surface area (Å²) in [6.07, 6.45) is 2.06. The van der Waals surface area contributed by atoms with E-state index in [0.717, 1.165) is 4.50 Å². The first-order valence-electron chi connectivity index (χ1n) is 2.50. The summed E-state index contributed by atoms with van der Waals surface area (Å²) in [5, 5.41) is 5.86. The summed E-state index contributed by atoms with van der Waals surface area (Å²) in [5.41, 5.74) is 3.05. The number of hydrogen-bond acceptors (Lipinski definition) is 3. The molecule has 0 spiro atoms. The summed E-state index contributed by atoms with van der Waals surface area (Å²) < 4.78 is 2.32. The van der Waals surface area contributed by atoms with Crippen LogP contribution < -0.4 is 5.43 Å². The number of nitrogens with zero attached hydrogens (tertiary/aromatic N) is 2. The van der Waals surface area contributed by atoms with E-state index in [-0.39, 0.29) is 0 Å². The zero-order chi connectivity index (χ0) is 6.85. The SMILES string of the molecule is CN1N=C([AsH2])C=C([AsH2])N1. The van der Waals surface area contributed by atoms with Gasteiger partial charge in [-0.3, -0.25) is 0 Å². The molecule has 1 aliphatic rings. The van der Waals surface area contributed by atoms with Crippen molar-refractivity contribution in [1.82, 2.24) is 10.5 Å². The van der Waals surface area contributed by atoms with Gasteiger partial charge in [0.15, 0.2) is 0 Å². The molecule has 0 aromatic rings. The molecule has 3 nitrogen and oxygen atoms in total. The Morgan fingerprint density at radius 1 is 1.67 bits per heavy atom. The average molecular weight is 249 g/mol. The standard InChI is InChI=1S/C4H9As2N3/c1-9-7-3(5)2-4(6)8-9/h2,7H,5-6H2,1H3. The first kappa shape index (κ1) is 7.24. The molecule has 0 bridgehead atoms. The first-order valence-corrected chi connectivity index (χ1v) is 4.92. The van der Waals surface area contributed by atoms with E-state index in [1.807, 2.05) is 7.05 Å². The van der Waals surface area contributed by atoms with Crippen molar-refractivity contribution in [3.63, 3.8) is 0 Å². The molecular weight excluding hydrogens is 240 g/mol. The van der Waals surface area contributed by atoms with Crippen molar-refractivity contribution >= 4 is 38.2 Å². The Balaban J connectivity index is 2.74. The van der Waals surface area contributed by atoms with Gasteiger partial charge in [-0.1, -0.05) is 0 Å². The zero-order valence-electron chi connectivity index (χ0n) is 5.13. The number of allylic oxidation sites excluding steroid dienone is 1. The van der Waals surface area contributed by atoms with E-state index in [2.05, 4.69) is 16.6 Å². The summed E-state index contributed by atoms with van der Waals surface area (Å²) in [6.45, 7) is 0. The summed E-state index contributed by atoms with van der Waals surface area (Å²) in [6, 6.07) is 0. The first-order chi connectivity index (χ1) is 4.18. The topological polar surface area (TPSA) is 27.6 Å². The van der Waals surface area contributed by atoms with Crippen molar-refractivity contribution in [3.8, 4) is 0 Å². The van der Waals surface area contributed by atoms with Crippen molar-refractivity contribution in [2.24, 2.45) is 5.10 Å². The van der Waals surface area contributed by atoms with E-state index in [1.165, 1.54) is 4.48 Å². The van der Waals surface area contributed by atoms with E-state index in [4.69, 9.17) is 0 Å². The number of rotatable bonds is 0. The van der Waals surface area contributed by atoms with Gasteiger partial charge >= 0.3 is 71.5 Å². The Hall–Kier alpha value is 0.127. The van der Waals surface area contributed by atoms with Crippen molar-refractivity contribution in [3.05, 3.63) is 10.6 Å². The quantitative estimate of drug-likeness (QED) is 0.496. The van der Waals surface area contributed by atoms with Crippen LogP contribution in [0.15, 0.2) is 15.7 Å². The molecule has 0 amide bonds. The third kappa shape index (κ3) is 2.07. The van der Waals surface area contributed by atoms with E-state index in [0.29, 0.717) is 0 Å². The maximum atomic E-state index is 4.13. The monoisotopic (exact) mass is 249 g/mol. The molecule has 0 aliphatic carbocycles. The Kier molecular flexibility index (Phi) is 2.26. The Morgan fingerprint density at radius 3 is 2.78 bits per heavy atom. The van der Waals surface area contributed by atoms with E-state index >= 15 is 0 Å². The molecule has 9 heavy (non-hydrogen) atoms. The van der Waals surface area contributed by atoms with Gasteiger partial charge in [0.25, 0.3) is 0 Å². The van der Waals surface area contributed by atoms with Crippen LogP contribution in [0.2, 0.25) is 0 Å². The second kappa shape index (κ2) is 2.81. The number of nitrogens with one attached hydrogen (secondary N) is 1. The summed E-state index contributed by atoms with van der Waals surface area (Å²) in [7, 11) is 1.90. The normalized spacial score (nSPS) is 18.3. The molecule has 1 heterocycles. The number of hydrogen-bond donors (Lipinski definition) is 1. The van der Waals surface area contributed by atoms with Crippen molar-refractivity contribution < 1.29 is 0 Å². The molecule has 1 aliphatic heterocycles. The molecule has 0 aromatic heterocycles. The van der Waals surface area contributed by atoms with Crippen molar-refractivity contribution in [2.45, 2.75) is 0 Å². The Bertz CT molecular complexity index is 175. The van der Waals surface area contributed by atoms with E-state index in [1.54, 1.807) is 38.8 Å². The van der Waals surface area contributed by atoms with Crippen LogP contribution in [0.4, 0.5) is 0 Å². The third-order valence-corrected chi connectivity index (χ3v) is 2.07.